The Morgan fingerprint density at radius 3 is 2.86 bits per heavy atom. The number of fused-ring (bicyclic) bond motifs is 2. The van der Waals surface area contributed by atoms with Gasteiger partial charge in [-0.3, -0.25) is 4.40 Å². The summed E-state index contributed by atoms with van der Waals surface area (Å²) in [6.07, 6.45) is 7.44. The maximum Gasteiger partial charge on any atom is 0.210 e. The normalized spacial score (nSPS) is 18.8. The number of hydrogen-bond donors (Lipinski definition) is 1. The van der Waals surface area contributed by atoms with Gasteiger partial charge in [0, 0.05) is 23.9 Å². The third-order valence-electron chi connectivity index (χ3n) is 6.12. The van der Waals surface area contributed by atoms with E-state index < -0.39 is 9.84 Å². The van der Waals surface area contributed by atoms with Gasteiger partial charge in [0.2, 0.25) is 5.95 Å². The monoisotopic (exact) mass is 415 g/mol. The van der Waals surface area contributed by atoms with Crippen LogP contribution in [0.1, 0.15) is 47.4 Å². The van der Waals surface area contributed by atoms with Gasteiger partial charge in [0.15, 0.2) is 5.65 Å². The number of benzene rings is 1. The fourth-order valence-corrected chi connectivity index (χ4v) is 6.02. The molecule has 1 aliphatic heterocycles. The van der Waals surface area contributed by atoms with Gasteiger partial charge in [0.05, 0.1) is 11.5 Å². The van der Waals surface area contributed by atoms with E-state index >= 15 is 0 Å². The molecule has 1 saturated heterocycles. The van der Waals surface area contributed by atoms with E-state index in [-0.39, 0.29) is 23.2 Å². The van der Waals surface area contributed by atoms with Crippen molar-refractivity contribution in [3.63, 3.8) is 0 Å². The van der Waals surface area contributed by atoms with Gasteiger partial charge in [-0.25, -0.2) is 17.8 Å². The molecular formula is C20H22FN5O2S. The summed E-state index contributed by atoms with van der Waals surface area (Å²) in [5, 5.41) is 11.5. The zero-order chi connectivity index (χ0) is 20.0. The van der Waals surface area contributed by atoms with Crippen molar-refractivity contribution in [1.82, 2.24) is 19.6 Å². The fourth-order valence-electron chi connectivity index (χ4n) is 4.53. The van der Waals surface area contributed by atoms with E-state index in [0.29, 0.717) is 36.5 Å². The minimum atomic E-state index is -2.93. The second-order valence-corrected chi connectivity index (χ2v) is 10.2. The molecule has 5 rings (SSSR count). The maximum atomic E-state index is 14.4. The Bertz CT molecular complexity index is 1180. The van der Waals surface area contributed by atoms with Gasteiger partial charge in [-0.15, -0.1) is 10.2 Å². The lowest BCUT2D eigenvalue weighted by atomic mass is 9.95. The lowest BCUT2D eigenvalue weighted by Crippen LogP contribution is -2.23. The number of sulfone groups is 1. The van der Waals surface area contributed by atoms with E-state index in [2.05, 4.69) is 20.5 Å². The molecule has 2 aliphatic rings. The largest absolute Gasteiger partial charge is 0.351 e. The van der Waals surface area contributed by atoms with Crippen LogP contribution < -0.4 is 5.32 Å². The van der Waals surface area contributed by atoms with Crippen molar-refractivity contribution in [3.05, 3.63) is 52.7 Å². The van der Waals surface area contributed by atoms with Gasteiger partial charge in [0.25, 0.3) is 0 Å². The van der Waals surface area contributed by atoms with E-state index in [1.807, 2.05) is 6.07 Å². The molecule has 0 radical (unpaired) electrons. The van der Waals surface area contributed by atoms with Gasteiger partial charge < -0.3 is 5.32 Å². The van der Waals surface area contributed by atoms with Gasteiger partial charge in [-0.2, -0.15) is 0 Å². The number of aryl methyl sites for hydroxylation is 1. The van der Waals surface area contributed by atoms with Crippen LogP contribution in [0.2, 0.25) is 0 Å². The first-order chi connectivity index (χ1) is 14.0. The van der Waals surface area contributed by atoms with Gasteiger partial charge in [-0.05, 0) is 55.2 Å². The summed E-state index contributed by atoms with van der Waals surface area (Å²) in [4.78, 5) is 4.53. The first kappa shape index (κ1) is 18.5. The van der Waals surface area contributed by atoms with Crippen LogP contribution >= 0.6 is 0 Å². The molecule has 0 unspecified atom stereocenters. The van der Waals surface area contributed by atoms with Crippen LogP contribution in [0.15, 0.2) is 24.7 Å². The number of rotatable bonds is 4. The third kappa shape index (κ3) is 3.37. The minimum Gasteiger partial charge on any atom is -0.351 e. The van der Waals surface area contributed by atoms with Crippen LogP contribution in [0.3, 0.4) is 0 Å². The Balaban J connectivity index is 1.42. The zero-order valence-electron chi connectivity index (χ0n) is 15.9. The summed E-state index contributed by atoms with van der Waals surface area (Å²) in [7, 11) is -2.93. The maximum absolute atomic E-state index is 14.4. The van der Waals surface area contributed by atoms with E-state index in [1.165, 1.54) is 5.56 Å². The average Bonchev–Trinajstić information content (AvgIpc) is 3.37. The molecule has 0 spiro atoms. The molecule has 0 amide bonds. The van der Waals surface area contributed by atoms with Crippen molar-refractivity contribution in [3.8, 4) is 0 Å². The highest BCUT2D eigenvalue weighted by Gasteiger charge is 2.27. The lowest BCUT2D eigenvalue weighted by molar-refractivity contribution is 0.549. The molecule has 1 aromatic carbocycles. The molecule has 3 aromatic rings. The summed E-state index contributed by atoms with van der Waals surface area (Å²) < 4.78 is 39.7. The Morgan fingerprint density at radius 1 is 1.21 bits per heavy atom. The van der Waals surface area contributed by atoms with Crippen molar-refractivity contribution in [1.29, 1.82) is 0 Å². The van der Waals surface area contributed by atoms with Crippen LogP contribution in [0.25, 0.3) is 5.65 Å². The van der Waals surface area contributed by atoms with E-state index in [9.17, 15) is 12.8 Å². The fraction of sp³-hybridized carbons (Fsp3) is 0.450. The van der Waals surface area contributed by atoms with Crippen molar-refractivity contribution in [2.75, 3.05) is 16.8 Å². The number of hydrogen-bond acceptors (Lipinski definition) is 6. The Hall–Kier alpha value is -2.55. The smallest absolute Gasteiger partial charge is 0.210 e. The Morgan fingerprint density at radius 2 is 2.03 bits per heavy atom. The molecule has 1 fully saturated rings. The number of nitrogens with zero attached hydrogens (tertiary/aromatic N) is 4. The quantitative estimate of drug-likeness (QED) is 0.705. The number of halogens is 1. The first-order valence-electron chi connectivity index (χ1n) is 9.94. The summed E-state index contributed by atoms with van der Waals surface area (Å²) in [5.41, 5.74) is 4.62. The molecule has 9 heteroatoms. The Kier molecular flexibility index (Phi) is 4.49. The summed E-state index contributed by atoms with van der Waals surface area (Å²) >= 11 is 0. The number of nitrogens with one attached hydrogen (secondary N) is 1. The van der Waals surface area contributed by atoms with Gasteiger partial charge in [-0.1, -0.05) is 6.07 Å². The topological polar surface area (TPSA) is 89.2 Å². The van der Waals surface area contributed by atoms with E-state index in [0.717, 1.165) is 30.4 Å². The van der Waals surface area contributed by atoms with E-state index in [1.54, 1.807) is 23.0 Å². The van der Waals surface area contributed by atoms with Crippen LogP contribution in [0, 0.1) is 5.82 Å². The van der Waals surface area contributed by atoms with Crippen molar-refractivity contribution < 1.29 is 12.8 Å². The number of aromatic nitrogens is 4. The molecule has 0 bridgehead atoms. The molecule has 0 saturated carbocycles. The summed E-state index contributed by atoms with van der Waals surface area (Å²) in [5.74, 6) is 0.833. The second kappa shape index (κ2) is 7.05. The molecular weight excluding hydrogens is 393 g/mol. The predicted octanol–water partition coefficient (Wildman–Crippen LogP) is 2.66. The molecule has 1 N–H and O–H groups in total. The highest BCUT2D eigenvalue weighted by molar-refractivity contribution is 7.91. The predicted molar refractivity (Wildman–Crippen MR) is 107 cm³/mol. The molecule has 7 nitrogen and oxygen atoms in total. The number of anilines is 1. The SMILES string of the molecule is O=S1(=O)CCC(c2cnc(NCc3c(F)ccc4c3CCC4)n3cnnc23)CC1. The van der Waals surface area contributed by atoms with Crippen LogP contribution in [0.4, 0.5) is 10.3 Å². The minimum absolute atomic E-state index is 0.0987. The van der Waals surface area contributed by atoms with E-state index in [4.69, 9.17) is 0 Å². The average molecular weight is 415 g/mol. The Labute approximate surface area is 168 Å². The molecule has 3 heterocycles. The van der Waals surface area contributed by atoms with Gasteiger partial charge >= 0.3 is 0 Å². The van der Waals surface area contributed by atoms with Crippen molar-refractivity contribution >= 4 is 21.4 Å². The molecule has 2 aromatic heterocycles. The highest BCUT2D eigenvalue weighted by atomic mass is 32.2. The van der Waals surface area contributed by atoms with Crippen LogP contribution in [0.5, 0.6) is 0 Å². The van der Waals surface area contributed by atoms with Crippen LogP contribution in [-0.2, 0) is 29.2 Å². The van der Waals surface area contributed by atoms with Crippen LogP contribution in [-0.4, -0.2) is 39.5 Å². The zero-order valence-corrected chi connectivity index (χ0v) is 16.8. The van der Waals surface area contributed by atoms with Gasteiger partial charge in [0.1, 0.15) is 22.0 Å². The summed E-state index contributed by atoms with van der Waals surface area (Å²) in [6.45, 7) is 0.344. The second-order valence-electron chi connectivity index (χ2n) is 7.86. The molecule has 1 aliphatic carbocycles. The first-order valence-corrected chi connectivity index (χ1v) is 11.8. The van der Waals surface area contributed by atoms with Crippen molar-refractivity contribution in [2.24, 2.45) is 0 Å². The molecule has 0 atom stereocenters. The third-order valence-corrected chi connectivity index (χ3v) is 7.84. The molecule has 29 heavy (non-hydrogen) atoms. The van der Waals surface area contributed by atoms with Crippen molar-refractivity contribution in [2.45, 2.75) is 44.6 Å². The summed E-state index contributed by atoms with van der Waals surface area (Å²) in [6, 6.07) is 3.43. The molecule has 152 valence electrons. The lowest BCUT2D eigenvalue weighted by Gasteiger charge is -2.22. The highest BCUT2D eigenvalue weighted by Crippen LogP contribution is 2.32. The standard InChI is InChI=1S/C20H22FN5O2S/c21-18-5-4-13-2-1-3-15(13)17(18)11-23-20-22-10-16(19-25-24-12-26(19)20)14-6-8-29(27,28)9-7-14/h4-5,10,12,14H,1-3,6-9,11H2,(H,22,23).